The lowest BCUT2D eigenvalue weighted by Gasteiger charge is -2.11. The quantitative estimate of drug-likeness (QED) is 0.210. The van der Waals surface area contributed by atoms with Crippen LogP contribution in [0, 0.1) is 0 Å². The Morgan fingerprint density at radius 3 is 1.89 bits per heavy atom. The summed E-state index contributed by atoms with van der Waals surface area (Å²) in [5, 5.41) is 7.09. The minimum Gasteiger partial charge on any atom is -0.294 e. The van der Waals surface area contributed by atoms with Gasteiger partial charge in [-0.2, -0.15) is 0 Å². The van der Waals surface area contributed by atoms with Crippen molar-refractivity contribution in [3.8, 4) is 40.1 Å². The molecular formula is C40H25N5. The van der Waals surface area contributed by atoms with E-state index >= 15 is 0 Å². The number of para-hydroxylation sites is 1. The first-order valence-electron chi connectivity index (χ1n) is 15.0. The van der Waals surface area contributed by atoms with Crippen molar-refractivity contribution in [1.29, 1.82) is 0 Å². The maximum Gasteiger partial charge on any atom is 0.182 e. The van der Waals surface area contributed by atoms with Crippen LogP contribution in [0.4, 0.5) is 0 Å². The molecule has 0 aliphatic rings. The average Bonchev–Trinajstić information content (AvgIpc) is 3.46. The molecule has 3 aromatic heterocycles. The van der Waals surface area contributed by atoms with Crippen molar-refractivity contribution in [2.75, 3.05) is 0 Å². The smallest absolute Gasteiger partial charge is 0.182 e. The highest BCUT2D eigenvalue weighted by atomic mass is 15.1. The third-order valence-corrected chi connectivity index (χ3v) is 8.45. The minimum absolute atomic E-state index is 0.528. The van der Waals surface area contributed by atoms with Crippen LogP contribution in [0.1, 0.15) is 0 Å². The molecule has 0 radical (unpaired) electrons. The fourth-order valence-corrected chi connectivity index (χ4v) is 6.41. The van der Waals surface area contributed by atoms with E-state index in [9.17, 15) is 0 Å². The van der Waals surface area contributed by atoms with Crippen LogP contribution >= 0.6 is 0 Å². The van der Waals surface area contributed by atoms with E-state index in [0.29, 0.717) is 23.2 Å². The van der Waals surface area contributed by atoms with E-state index in [1.165, 1.54) is 21.5 Å². The van der Waals surface area contributed by atoms with Crippen LogP contribution in [-0.2, 0) is 0 Å². The van der Waals surface area contributed by atoms with E-state index in [1.807, 2.05) is 60.7 Å². The van der Waals surface area contributed by atoms with Crippen LogP contribution in [0.3, 0.4) is 0 Å². The Bertz CT molecular complexity index is 2540. The predicted octanol–water partition coefficient (Wildman–Crippen LogP) is 9.67. The van der Waals surface area contributed by atoms with Gasteiger partial charge in [0.15, 0.2) is 17.5 Å². The van der Waals surface area contributed by atoms with Crippen LogP contribution in [0.15, 0.2) is 152 Å². The number of hydrogen-bond acceptors (Lipinski definition) is 4. The van der Waals surface area contributed by atoms with E-state index in [4.69, 9.17) is 19.9 Å². The van der Waals surface area contributed by atoms with Gasteiger partial charge in [0.25, 0.3) is 0 Å². The molecule has 0 aliphatic heterocycles. The molecule has 0 bridgehead atoms. The zero-order valence-electron chi connectivity index (χ0n) is 24.2. The summed E-state index contributed by atoms with van der Waals surface area (Å²) >= 11 is 0. The standard InChI is InChI=1S/C40H25N5/c1-2-14-28(15-3-1)38-42-39(31-20-10-16-26-12-4-6-17-29(26)31)44-40(43-38)33-21-11-23-36(41-33)45-34-22-9-8-19-32(34)37-30-18-7-5-13-27(30)24-25-35(37)45/h1-25H. The highest BCUT2D eigenvalue weighted by molar-refractivity contribution is 6.21. The monoisotopic (exact) mass is 575 g/mol. The predicted molar refractivity (Wildman–Crippen MR) is 183 cm³/mol. The van der Waals surface area contributed by atoms with Crippen LogP contribution in [0.5, 0.6) is 0 Å². The topological polar surface area (TPSA) is 56.5 Å². The van der Waals surface area contributed by atoms with E-state index in [1.54, 1.807) is 0 Å². The van der Waals surface area contributed by atoms with Crippen LogP contribution in [0.2, 0.25) is 0 Å². The molecule has 3 heterocycles. The van der Waals surface area contributed by atoms with Crippen molar-refractivity contribution in [2.24, 2.45) is 0 Å². The molecule has 0 atom stereocenters. The van der Waals surface area contributed by atoms with Gasteiger partial charge in [0.05, 0.1) is 11.0 Å². The first kappa shape index (κ1) is 25.3. The normalized spacial score (nSPS) is 11.6. The third kappa shape index (κ3) is 4.17. The lowest BCUT2D eigenvalue weighted by Crippen LogP contribution is -2.03. The number of aromatic nitrogens is 5. The number of hydrogen-bond donors (Lipinski definition) is 0. The summed E-state index contributed by atoms with van der Waals surface area (Å²) in [4.78, 5) is 20.2. The van der Waals surface area contributed by atoms with E-state index in [0.717, 1.165) is 38.8 Å². The molecule has 0 N–H and O–H groups in total. The van der Waals surface area contributed by atoms with Crippen molar-refractivity contribution >= 4 is 43.4 Å². The summed E-state index contributed by atoms with van der Waals surface area (Å²) < 4.78 is 2.24. The Kier molecular flexibility index (Phi) is 5.74. The molecule has 6 aromatic carbocycles. The van der Waals surface area contributed by atoms with Crippen LogP contribution < -0.4 is 0 Å². The second-order valence-corrected chi connectivity index (χ2v) is 11.1. The van der Waals surface area contributed by atoms with E-state index < -0.39 is 0 Å². The summed E-state index contributed by atoms with van der Waals surface area (Å²) in [5.41, 5.74) is 4.77. The first-order chi connectivity index (χ1) is 22.3. The summed E-state index contributed by atoms with van der Waals surface area (Å²) in [6.45, 7) is 0. The molecule has 0 fully saturated rings. The van der Waals surface area contributed by atoms with Crippen LogP contribution in [0.25, 0.3) is 83.5 Å². The molecule has 5 heteroatoms. The summed E-state index contributed by atoms with van der Waals surface area (Å²) in [7, 11) is 0. The number of fused-ring (bicyclic) bond motifs is 6. The fourth-order valence-electron chi connectivity index (χ4n) is 6.41. The summed E-state index contributed by atoms with van der Waals surface area (Å²) in [6.07, 6.45) is 0. The van der Waals surface area contributed by atoms with Gasteiger partial charge < -0.3 is 0 Å². The Hall–Kier alpha value is -6.20. The summed E-state index contributed by atoms with van der Waals surface area (Å²) in [5.74, 6) is 2.56. The highest BCUT2D eigenvalue weighted by Crippen LogP contribution is 2.37. The molecule has 0 unspecified atom stereocenters. The maximum absolute atomic E-state index is 5.21. The molecule has 0 spiro atoms. The number of rotatable bonds is 4. The zero-order chi connectivity index (χ0) is 29.7. The largest absolute Gasteiger partial charge is 0.294 e. The molecule has 0 aliphatic carbocycles. The molecule has 210 valence electrons. The second-order valence-electron chi connectivity index (χ2n) is 11.1. The lowest BCUT2D eigenvalue weighted by molar-refractivity contribution is 1.03. The summed E-state index contributed by atoms with van der Waals surface area (Å²) in [6, 6.07) is 52.1. The number of pyridine rings is 1. The molecule has 45 heavy (non-hydrogen) atoms. The number of nitrogens with zero attached hydrogens (tertiary/aromatic N) is 5. The van der Waals surface area contributed by atoms with Gasteiger partial charge in [0.2, 0.25) is 0 Å². The Labute approximate surface area is 259 Å². The van der Waals surface area contributed by atoms with Crippen molar-refractivity contribution < 1.29 is 0 Å². The van der Waals surface area contributed by atoms with Crippen molar-refractivity contribution in [1.82, 2.24) is 24.5 Å². The van der Waals surface area contributed by atoms with Gasteiger partial charge in [0, 0.05) is 21.9 Å². The Morgan fingerprint density at radius 1 is 0.378 bits per heavy atom. The van der Waals surface area contributed by atoms with Gasteiger partial charge in [-0.05, 0) is 45.8 Å². The molecule has 0 saturated carbocycles. The third-order valence-electron chi connectivity index (χ3n) is 8.45. The molecule has 9 aromatic rings. The van der Waals surface area contributed by atoms with Gasteiger partial charge in [-0.1, -0.05) is 127 Å². The van der Waals surface area contributed by atoms with Crippen LogP contribution in [-0.4, -0.2) is 24.5 Å². The zero-order valence-corrected chi connectivity index (χ0v) is 24.2. The minimum atomic E-state index is 0.528. The highest BCUT2D eigenvalue weighted by Gasteiger charge is 2.18. The molecule has 9 rings (SSSR count). The van der Waals surface area contributed by atoms with Gasteiger partial charge in [0.1, 0.15) is 11.5 Å². The molecule has 0 amide bonds. The van der Waals surface area contributed by atoms with Crippen molar-refractivity contribution in [3.05, 3.63) is 152 Å². The van der Waals surface area contributed by atoms with Gasteiger partial charge in [-0.3, -0.25) is 4.57 Å². The number of benzene rings is 6. The first-order valence-corrected chi connectivity index (χ1v) is 15.0. The average molecular weight is 576 g/mol. The van der Waals surface area contributed by atoms with E-state index in [-0.39, 0.29) is 0 Å². The second kappa shape index (κ2) is 10.2. The van der Waals surface area contributed by atoms with Crippen molar-refractivity contribution in [2.45, 2.75) is 0 Å². The maximum atomic E-state index is 5.21. The molecule has 5 nitrogen and oxygen atoms in total. The lowest BCUT2D eigenvalue weighted by atomic mass is 10.0. The Balaban J connectivity index is 1.28. The van der Waals surface area contributed by atoms with Gasteiger partial charge >= 0.3 is 0 Å². The van der Waals surface area contributed by atoms with Gasteiger partial charge in [-0.15, -0.1) is 0 Å². The Morgan fingerprint density at radius 2 is 1.02 bits per heavy atom. The molecule has 0 saturated heterocycles. The fraction of sp³-hybridized carbons (Fsp3) is 0. The van der Waals surface area contributed by atoms with E-state index in [2.05, 4.69) is 95.6 Å². The van der Waals surface area contributed by atoms with Crippen molar-refractivity contribution in [3.63, 3.8) is 0 Å². The SMILES string of the molecule is c1ccc(-c2nc(-c3cccc(-n4c5ccccc5c5c6ccccc6ccc54)n3)nc(-c3cccc4ccccc34)n2)cc1. The molecular weight excluding hydrogens is 550 g/mol. The van der Waals surface area contributed by atoms with Gasteiger partial charge in [-0.25, -0.2) is 19.9 Å².